The predicted octanol–water partition coefficient (Wildman–Crippen LogP) is 15.9. The Balaban J connectivity index is 1.15. The van der Waals surface area contributed by atoms with Gasteiger partial charge in [-0.05, 0) is 104 Å². The van der Waals surface area contributed by atoms with Crippen LogP contribution in [0.25, 0.3) is 77.2 Å². The van der Waals surface area contributed by atoms with E-state index in [0.29, 0.717) is 0 Å². The second-order valence-electron chi connectivity index (χ2n) is 14.8. The number of hydrogen-bond acceptors (Lipinski definition) is 2. The van der Waals surface area contributed by atoms with Crippen LogP contribution in [-0.2, 0) is 0 Å². The summed E-state index contributed by atoms with van der Waals surface area (Å²) in [6, 6.07) is 80.8. The average molecular weight is 740 g/mol. The van der Waals surface area contributed by atoms with Crippen molar-refractivity contribution in [3.63, 3.8) is 0 Å². The van der Waals surface area contributed by atoms with Crippen LogP contribution in [0.3, 0.4) is 0 Å². The first-order chi connectivity index (χ1) is 28.8. The summed E-state index contributed by atoms with van der Waals surface area (Å²) in [5, 5.41) is 4.76. The highest BCUT2D eigenvalue weighted by atomic mass is 16.5. The second kappa shape index (κ2) is 14.1. The molecule has 0 fully saturated rings. The molecular weight excluding hydrogens is 703 g/mol. The standard InChI is InChI=1S/C56H37NO/c1-3-17-38(18-4-1)45-26-7-10-31-51(45)57(52-32-11-8-27-47(52)49-30-15-22-40-21-14-29-46(55(40)49)39-19-5-2-6-20-39)44-25-13-23-41(36-44)43-35-42-24-16-34-54-56(42)50(37-43)48-28-9-12-33-53(48)58-54/h1-37H. The van der Waals surface area contributed by atoms with Crippen molar-refractivity contribution >= 4 is 38.6 Å². The van der Waals surface area contributed by atoms with Gasteiger partial charge in [0, 0.05) is 27.8 Å². The SMILES string of the molecule is c1ccc(-c2ccccc2N(c2cccc(-c3cc4c5c(cccc5c3)Oc3ccccc3-4)c2)c2ccccc2-c2cccc3cccc(-c4ccccc4)c23)cc1. The topological polar surface area (TPSA) is 12.5 Å². The molecule has 0 amide bonds. The third-order valence-corrected chi connectivity index (χ3v) is 11.4. The van der Waals surface area contributed by atoms with Crippen molar-refractivity contribution < 1.29 is 4.74 Å². The summed E-state index contributed by atoms with van der Waals surface area (Å²) in [7, 11) is 0. The fraction of sp³-hybridized carbons (Fsp3) is 0. The molecule has 0 radical (unpaired) electrons. The smallest absolute Gasteiger partial charge is 0.135 e. The molecule has 0 aromatic heterocycles. The molecule has 1 aliphatic heterocycles. The van der Waals surface area contributed by atoms with E-state index in [-0.39, 0.29) is 0 Å². The van der Waals surface area contributed by atoms with Crippen LogP contribution in [0.4, 0.5) is 17.1 Å². The summed E-state index contributed by atoms with van der Waals surface area (Å²) in [6.07, 6.45) is 0. The minimum Gasteiger partial charge on any atom is -0.456 e. The van der Waals surface area contributed by atoms with Gasteiger partial charge in [-0.2, -0.15) is 0 Å². The van der Waals surface area contributed by atoms with Crippen molar-refractivity contribution in [3.8, 4) is 67.1 Å². The molecule has 0 atom stereocenters. The molecule has 0 saturated carbocycles. The largest absolute Gasteiger partial charge is 0.456 e. The molecule has 10 aromatic rings. The molecule has 0 aliphatic carbocycles. The second-order valence-corrected chi connectivity index (χ2v) is 14.8. The van der Waals surface area contributed by atoms with Gasteiger partial charge in [-0.25, -0.2) is 0 Å². The van der Waals surface area contributed by atoms with E-state index >= 15 is 0 Å². The number of para-hydroxylation sites is 3. The van der Waals surface area contributed by atoms with Crippen LogP contribution in [-0.4, -0.2) is 0 Å². The fourth-order valence-corrected chi connectivity index (χ4v) is 8.84. The Labute approximate surface area is 338 Å². The average Bonchev–Trinajstić information content (AvgIpc) is 3.30. The molecule has 10 aromatic carbocycles. The maximum absolute atomic E-state index is 6.39. The first-order valence-corrected chi connectivity index (χ1v) is 19.8. The minimum atomic E-state index is 0.887. The molecule has 0 bridgehead atoms. The molecule has 0 unspecified atom stereocenters. The molecule has 1 aliphatic rings. The molecule has 0 N–H and O–H groups in total. The monoisotopic (exact) mass is 739 g/mol. The Bertz CT molecular complexity index is 3140. The number of rotatable bonds is 7. The number of hydrogen-bond donors (Lipinski definition) is 0. The third kappa shape index (κ3) is 5.74. The first-order valence-electron chi connectivity index (χ1n) is 19.8. The maximum Gasteiger partial charge on any atom is 0.135 e. The molecule has 0 spiro atoms. The van der Waals surface area contributed by atoms with E-state index in [0.717, 1.165) is 67.2 Å². The number of anilines is 3. The van der Waals surface area contributed by atoms with Crippen molar-refractivity contribution in [2.45, 2.75) is 0 Å². The van der Waals surface area contributed by atoms with Crippen molar-refractivity contribution in [1.82, 2.24) is 0 Å². The van der Waals surface area contributed by atoms with E-state index in [1.165, 1.54) is 38.6 Å². The van der Waals surface area contributed by atoms with Gasteiger partial charge >= 0.3 is 0 Å². The van der Waals surface area contributed by atoms with Crippen LogP contribution in [0.15, 0.2) is 224 Å². The van der Waals surface area contributed by atoms with Crippen LogP contribution in [0.2, 0.25) is 0 Å². The van der Waals surface area contributed by atoms with Crippen LogP contribution in [0, 0.1) is 0 Å². The minimum absolute atomic E-state index is 0.887. The summed E-state index contributed by atoms with van der Waals surface area (Å²) in [6.45, 7) is 0. The van der Waals surface area contributed by atoms with Gasteiger partial charge in [0.25, 0.3) is 0 Å². The van der Waals surface area contributed by atoms with E-state index in [4.69, 9.17) is 4.74 Å². The van der Waals surface area contributed by atoms with Crippen LogP contribution in [0.5, 0.6) is 11.5 Å². The van der Waals surface area contributed by atoms with Gasteiger partial charge in [0.15, 0.2) is 0 Å². The zero-order chi connectivity index (χ0) is 38.4. The van der Waals surface area contributed by atoms with E-state index in [2.05, 4.69) is 223 Å². The van der Waals surface area contributed by atoms with Crippen molar-refractivity contribution in [2.24, 2.45) is 0 Å². The Morgan fingerprint density at radius 2 is 0.810 bits per heavy atom. The zero-order valence-corrected chi connectivity index (χ0v) is 31.7. The van der Waals surface area contributed by atoms with Crippen molar-refractivity contribution in [3.05, 3.63) is 224 Å². The number of benzene rings is 10. The first kappa shape index (κ1) is 33.6. The number of fused-ring (bicyclic) bond motifs is 3. The van der Waals surface area contributed by atoms with Crippen LogP contribution < -0.4 is 9.64 Å². The zero-order valence-electron chi connectivity index (χ0n) is 31.7. The maximum atomic E-state index is 6.39. The fourth-order valence-electron chi connectivity index (χ4n) is 8.84. The lowest BCUT2D eigenvalue weighted by Crippen LogP contribution is -2.12. The van der Waals surface area contributed by atoms with Gasteiger partial charge in [-0.15, -0.1) is 0 Å². The Morgan fingerprint density at radius 1 is 0.276 bits per heavy atom. The van der Waals surface area contributed by atoms with Crippen LogP contribution in [0.1, 0.15) is 0 Å². The molecule has 1 heterocycles. The van der Waals surface area contributed by atoms with E-state index in [9.17, 15) is 0 Å². The summed E-state index contributed by atoms with van der Waals surface area (Å²) in [5.41, 5.74) is 15.0. The van der Waals surface area contributed by atoms with Gasteiger partial charge in [0.1, 0.15) is 11.5 Å². The predicted molar refractivity (Wildman–Crippen MR) is 243 cm³/mol. The molecule has 272 valence electrons. The number of ether oxygens (including phenoxy) is 1. The van der Waals surface area contributed by atoms with Gasteiger partial charge in [0.05, 0.1) is 11.4 Å². The van der Waals surface area contributed by atoms with Crippen molar-refractivity contribution in [1.29, 1.82) is 0 Å². The lowest BCUT2D eigenvalue weighted by molar-refractivity contribution is 0.487. The molecule has 11 rings (SSSR count). The van der Waals surface area contributed by atoms with E-state index in [1.54, 1.807) is 0 Å². The summed E-state index contributed by atoms with van der Waals surface area (Å²) in [4.78, 5) is 2.46. The van der Waals surface area contributed by atoms with Gasteiger partial charge in [-0.1, -0.05) is 176 Å². The summed E-state index contributed by atoms with van der Waals surface area (Å²) >= 11 is 0. The van der Waals surface area contributed by atoms with Gasteiger partial charge < -0.3 is 9.64 Å². The molecular formula is C56H37NO. The summed E-state index contributed by atoms with van der Waals surface area (Å²) < 4.78 is 6.39. The lowest BCUT2D eigenvalue weighted by atomic mass is 9.90. The molecule has 58 heavy (non-hydrogen) atoms. The molecule has 2 heteroatoms. The van der Waals surface area contributed by atoms with Gasteiger partial charge in [-0.3, -0.25) is 0 Å². The molecule has 0 saturated heterocycles. The third-order valence-electron chi connectivity index (χ3n) is 11.4. The molecule has 2 nitrogen and oxygen atoms in total. The lowest BCUT2D eigenvalue weighted by Gasteiger charge is -2.30. The quantitative estimate of drug-likeness (QED) is 0.161. The Morgan fingerprint density at radius 3 is 1.59 bits per heavy atom. The highest BCUT2D eigenvalue weighted by Crippen LogP contribution is 2.50. The normalized spacial score (nSPS) is 11.6. The van der Waals surface area contributed by atoms with Crippen LogP contribution >= 0.6 is 0 Å². The van der Waals surface area contributed by atoms with E-state index in [1.807, 2.05) is 6.07 Å². The van der Waals surface area contributed by atoms with Gasteiger partial charge in [0.2, 0.25) is 0 Å². The number of nitrogens with zero attached hydrogens (tertiary/aromatic N) is 1. The summed E-state index contributed by atoms with van der Waals surface area (Å²) in [5.74, 6) is 1.79. The van der Waals surface area contributed by atoms with E-state index < -0.39 is 0 Å². The Hall–Kier alpha value is -7.68. The highest BCUT2D eigenvalue weighted by molar-refractivity contribution is 6.10. The van der Waals surface area contributed by atoms with Crippen molar-refractivity contribution in [2.75, 3.05) is 4.90 Å². The highest BCUT2D eigenvalue weighted by Gasteiger charge is 2.24. The Kier molecular flexibility index (Phi) is 8.19.